The van der Waals surface area contributed by atoms with Crippen molar-refractivity contribution < 1.29 is 31.2 Å². The van der Waals surface area contributed by atoms with E-state index < -0.39 is 44.0 Å². The molecule has 2 aliphatic rings. The summed E-state index contributed by atoms with van der Waals surface area (Å²) in [6.07, 6.45) is -4.72. The summed E-state index contributed by atoms with van der Waals surface area (Å²) in [6.45, 7) is 1.88. The highest BCUT2D eigenvalue weighted by Gasteiger charge is 2.69. The highest BCUT2D eigenvalue weighted by Crippen LogP contribution is 2.53. The molecule has 10 heteroatoms. The van der Waals surface area contributed by atoms with Gasteiger partial charge in [-0.05, 0) is 42.3 Å². The number of halogens is 3. The highest BCUT2D eigenvalue weighted by molar-refractivity contribution is 7.94. The lowest BCUT2D eigenvalue weighted by Crippen LogP contribution is -2.54. The molecule has 1 spiro atoms. The SMILES string of the molecule is Cc1ccccc1CN1C(=O)C2(c3ccccc31)N(c1cccc(C(F)(F)F)c1)C(=O)CS2(=O)=O. The topological polar surface area (TPSA) is 74.8 Å². The van der Waals surface area contributed by atoms with Gasteiger partial charge in [0.15, 0.2) is 9.84 Å². The van der Waals surface area contributed by atoms with E-state index in [0.717, 1.165) is 28.2 Å². The molecule has 3 aromatic carbocycles. The van der Waals surface area contributed by atoms with Gasteiger partial charge in [-0.15, -0.1) is 0 Å². The summed E-state index contributed by atoms with van der Waals surface area (Å²) >= 11 is 0. The van der Waals surface area contributed by atoms with Crippen LogP contribution in [-0.2, 0) is 37.0 Å². The number of sulfone groups is 1. The molecule has 2 aliphatic heterocycles. The number of benzene rings is 3. The first-order chi connectivity index (χ1) is 16.5. The molecular weight excluding hydrogens is 481 g/mol. The molecule has 3 aromatic rings. The van der Waals surface area contributed by atoms with Crippen molar-refractivity contribution in [3.63, 3.8) is 0 Å². The number of carbonyl (C=O) groups excluding carboxylic acids is 2. The van der Waals surface area contributed by atoms with E-state index in [1.165, 1.54) is 23.1 Å². The Morgan fingerprint density at radius 1 is 0.943 bits per heavy atom. The molecule has 1 fully saturated rings. The molecule has 35 heavy (non-hydrogen) atoms. The van der Waals surface area contributed by atoms with Gasteiger partial charge in [0.1, 0.15) is 5.75 Å². The van der Waals surface area contributed by atoms with Crippen molar-refractivity contribution in [1.82, 2.24) is 0 Å². The van der Waals surface area contributed by atoms with Crippen LogP contribution in [-0.4, -0.2) is 26.0 Å². The van der Waals surface area contributed by atoms with E-state index in [2.05, 4.69) is 0 Å². The van der Waals surface area contributed by atoms with Crippen molar-refractivity contribution in [3.05, 3.63) is 95.1 Å². The maximum absolute atomic E-state index is 14.1. The predicted octanol–water partition coefficient (Wildman–Crippen LogP) is 4.18. The van der Waals surface area contributed by atoms with E-state index in [4.69, 9.17) is 0 Å². The van der Waals surface area contributed by atoms with Crippen LogP contribution >= 0.6 is 0 Å². The molecule has 0 bridgehead atoms. The normalized spacial score (nSPS) is 21.1. The third-order valence-electron chi connectivity index (χ3n) is 6.44. The predicted molar refractivity (Wildman–Crippen MR) is 123 cm³/mol. The molecule has 0 aliphatic carbocycles. The number of nitrogens with zero attached hydrogens (tertiary/aromatic N) is 2. The summed E-state index contributed by atoms with van der Waals surface area (Å²) in [5.41, 5.74) is 0.598. The zero-order chi connectivity index (χ0) is 25.2. The van der Waals surface area contributed by atoms with Crippen molar-refractivity contribution in [3.8, 4) is 0 Å². The number of hydrogen-bond donors (Lipinski definition) is 0. The molecule has 0 radical (unpaired) electrons. The zero-order valence-electron chi connectivity index (χ0n) is 18.4. The smallest absolute Gasteiger partial charge is 0.304 e. The van der Waals surface area contributed by atoms with Gasteiger partial charge in [0.05, 0.1) is 17.8 Å². The minimum absolute atomic E-state index is 0.0322. The van der Waals surface area contributed by atoms with Gasteiger partial charge in [-0.2, -0.15) is 13.2 Å². The first-order valence-corrected chi connectivity index (χ1v) is 12.3. The molecule has 6 nitrogen and oxygen atoms in total. The Morgan fingerprint density at radius 2 is 1.63 bits per heavy atom. The van der Waals surface area contributed by atoms with E-state index in [-0.39, 0.29) is 23.5 Å². The number of rotatable bonds is 3. The van der Waals surface area contributed by atoms with Gasteiger partial charge in [0, 0.05) is 11.3 Å². The summed E-state index contributed by atoms with van der Waals surface area (Å²) in [6, 6.07) is 17.2. The number of anilines is 2. The number of para-hydroxylation sites is 1. The van der Waals surface area contributed by atoms with Gasteiger partial charge in [0.2, 0.25) is 5.91 Å². The summed E-state index contributed by atoms with van der Waals surface area (Å²) < 4.78 is 67.4. The molecular formula is C25H19F3N2O4S. The Labute approximate surface area is 199 Å². The summed E-state index contributed by atoms with van der Waals surface area (Å²) in [5, 5.41) is 0. The van der Waals surface area contributed by atoms with Gasteiger partial charge >= 0.3 is 6.18 Å². The van der Waals surface area contributed by atoms with E-state index in [1.54, 1.807) is 24.3 Å². The van der Waals surface area contributed by atoms with Crippen molar-refractivity contribution in [2.75, 3.05) is 15.6 Å². The number of hydrogen-bond acceptors (Lipinski definition) is 4. The van der Waals surface area contributed by atoms with Crippen LogP contribution in [0.2, 0.25) is 0 Å². The average molecular weight is 500 g/mol. The summed E-state index contributed by atoms with van der Waals surface area (Å²) in [4.78, 5) is 26.7. The third-order valence-corrected chi connectivity index (χ3v) is 8.55. The van der Waals surface area contributed by atoms with Crippen molar-refractivity contribution in [2.24, 2.45) is 0 Å². The molecule has 1 unspecified atom stereocenters. The molecule has 2 amide bonds. The fourth-order valence-corrected chi connectivity index (χ4v) is 6.86. The van der Waals surface area contributed by atoms with Crippen LogP contribution in [0.1, 0.15) is 22.3 Å². The number of alkyl halides is 3. The van der Waals surface area contributed by atoms with Crippen LogP contribution in [0.15, 0.2) is 72.8 Å². The molecule has 5 rings (SSSR count). The van der Waals surface area contributed by atoms with Crippen LogP contribution in [0.3, 0.4) is 0 Å². The molecule has 1 atom stereocenters. The van der Waals surface area contributed by atoms with Crippen LogP contribution in [0, 0.1) is 6.92 Å². The molecule has 0 aromatic heterocycles. The van der Waals surface area contributed by atoms with Crippen molar-refractivity contribution in [2.45, 2.75) is 24.5 Å². The van der Waals surface area contributed by atoms with Crippen LogP contribution in [0.5, 0.6) is 0 Å². The van der Waals surface area contributed by atoms with Gasteiger partial charge in [0.25, 0.3) is 10.8 Å². The maximum Gasteiger partial charge on any atom is 0.416 e. The van der Waals surface area contributed by atoms with Gasteiger partial charge in [-0.3, -0.25) is 14.5 Å². The van der Waals surface area contributed by atoms with E-state index in [9.17, 15) is 31.2 Å². The minimum atomic E-state index is -4.72. The Hall–Kier alpha value is -3.66. The number of carbonyl (C=O) groups is 2. The van der Waals surface area contributed by atoms with Crippen LogP contribution < -0.4 is 9.80 Å². The van der Waals surface area contributed by atoms with Gasteiger partial charge < -0.3 is 4.90 Å². The third kappa shape index (κ3) is 3.27. The second-order valence-electron chi connectivity index (χ2n) is 8.52. The molecule has 1 saturated heterocycles. The Kier molecular flexibility index (Phi) is 5.06. The van der Waals surface area contributed by atoms with Gasteiger partial charge in [-0.1, -0.05) is 48.5 Å². The van der Waals surface area contributed by atoms with Crippen molar-refractivity contribution in [1.29, 1.82) is 0 Å². The summed E-state index contributed by atoms with van der Waals surface area (Å²) in [5.74, 6) is -2.86. The lowest BCUT2D eigenvalue weighted by Gasteiger charge is -2.33. The average Bonchev–Trinajstić information content (AvgIpc) is 3.17. The van der Waals surface area contributed by atoms with Crippen LogP contribution in [0.25, 0.3) is 0 Å². The highest BCUT2D eigenvalue weighted by atomic mass is 32.2. The lowest BCUT2D eigenvalue weighted by atomic mass is 10.0. The number of amides is 2. The van der Waals surface area contributed by atoms with Crippen molar-refractivity contribution >= 4 is 33.0 Å². The first kappa shape index (κ1) is 23.1. The molecule has 2 heterocycles. The Bertz CT molecular complexity index is 1490. The van der Waals surface area contributed by atoms with Gasteiger partial charge in [-0.25, -0.2) is 8.42 Å². The van der Waals surface area contributed by atoms with E-state index in [0.29, 0.717) is 6.07 Å². The Morgan fingerprint density at radius 3 is 2.34 bits per heavy atom. The van der Waals surface area contributed by atoms with Crippen LogP contribution in [0.4, 0.5) is 24.5 Å². The summed E-state index contributed by atoms with van der Waals surface area (Å²) in [7, 11) is -4.48. The second kappa shape index (κ2) is 7.67. The fraction of sp³-hybridized carbons (Fsp3) is 0.200. The standard InChI is InChI=1S/C25H19F3N2O4S/c1-16-7-2-3-8-17(16)14-29-21-12-5-4-11-20(21)24(23(29)32)30(22(31)15-35(24,33)34)19-10-6-9-18(13-19)25(26,27)28/h2-13H,14-15H2,1H3. The minimum Gasteiger partial charge on any atom is -0.304 e. The maximum atomic E-state index is 14.1. The zero-order valence-corrected chi connectivity index (χ0v) is 19.2. The fourth-order valence-electron chi connectivity index (χ4n) is 4.83. The van der Waals surface area contributed by atoms with E-state index >= 15 is 0 Å². The number of aryl methyl sites for hydroxylation is 1. The largest absolute Gasteiger partial charge is 0.416 e. The molecule has 0 N–H and O–H groups in total. The number of fused-ring (bicyclic) bond motifs is 2. The lowest BCUT2D eigenvalue weighted by molar-refractivity contribution is -0.137. The first-order valence-electron chi connectivity index (χ1n) is 10.7. The Balaban J connectivity index is 1.74. The quantitative estimate of drug-likeness (QED) is 0.541. The monoisotopic (exact) mass is 500 g/mol. The second-order valence-corrected chi connectivity index (χ2v) is 10.6. The van der Waals surface area contributed by atoms with E-state index in [1.807, 2.05) is 19.1 Å². The molecule has 180 valence electrons. The molecule has 0 saturated carbocycles.